The van der Waals surface area contributed by atoms with E-state index in [0.717, 1.165) is 50.9 Å². The van der Waals surface area contributed by atoms with Crippen molar-refractivity contribution in [2.75, 3.05) is 50.7 Å². The summed E-state index contributed by atoms with van der Waals surface area (Å²) in [5.74, 6) is 0.545. The lowest BCUT2D eigenvalue weighted by Crippen LogP contribution is -2.59. The van der Waals surface area contributed by atoms with E-state index in [0.29, 0.717) is 24.5 Å². The van der Waals surface area contributed by atoms with Crippen LogP contribution < -0.4 is 4.90 Å². The van der Waals surface area contributed by atoms with Crippen LogP contribution in [0.15, 0.2) is 24.3 Å². The van der Waals surface area contributed by atoms with E-state index < -0.39 is 0 Å². The zero-order chi connectivity index (χ0) is 22.9. The molecule has 0 N–H and O–H groups in total. The maximum Gasteiger partial charge on any atom is 0.236 e. The van der Waals surface area contributed by atoms with Crippen LogP contribution in [0.5, 0.6) is 0 Å². The van der Waals surface area contributed by atoms with Gasteiger partial charge >= 0.3 is 0 Å². The predicted molar refractivity (Wildman–Crippen MR) is 132 cm³/mol. The second-order valence-electron chi connectivity index (χ2n) is 10.9. The van der Waals surface area contributed by atoms with Gasteiger partial charge in [0.15, 0.2) is 5.78 Å². The van der Waals surface area contributed by atoms with E-state index in [9.17, 15) is 9.59 Å². The van der Waals surface area contributed by atoms with Gasteiger partial charge in [-0.2, -0.15) is 0 Å². The van der Waals surface area contributed by atoms with Gasteiger partial charge in [0, 0.05) is 74.6 Å². The fourth-order valence-electron chi connectivity index (χ4n) is 6.56. The average molecular weight is 453 g/mol. The van der Waals surface area contributed by atoms with Gasteiger partial charge in [-0.3, -0.25) is 19.4 Å². The number of carbonyl (C=O) groups is 2. The largest absolute Gasteiger partial charge is 0.369 e. The molecular weight excluding hydrogens is 412 g/mol. The number of benzene rings is 1. The molecule has 2 bridgehead atoms. The van der Waals surface area contributed by atoms with Gasteiger partial charge in [-0.15, -0.1) is 0 Å². The minimum Gasteiger partial charge on any atom is -0.369 e. The van der Waals surface area contributed by atoms with Crippen molar-refractivity contribution in [1.82, 2.24) is 14.7 Å². The molecule has 3 aliphatic heterocycles. The number of nitrogens with zero attached hydrogens (tertiary/aromatic N) is 4. The molecule has 2 atom stereocenters. The summed E-state index contributed by atoms with van der Waals surface area (Å²) in [4.78, 5) is 35.0. The third kappa shape index (κ3) is 4.83. The quantitative estimate of drug-likeness (QED) is 0.620. The summed E-state index contributed by atoms with van der Waals surface area (Å²) < 4.78 is 0. The highest BCUT2D eigenvalue weighted by molar-refractivity contribution is 5.97. The number of ketones is 1. The third-order valence-corrected chi connectivity index (χ3v) is 8.41. The zero-order valence-electron chi connectivity index (χ0n) is 20.4. The van der Waals surface area contributed by atoms with Crippen molar-refractivity contribution in [3.8, 4) is 0 Å². The molecule has 33 heavy (non-hydrogen) atoms. The van der Waals surface area contributed by atoms with Gasteiger partial charge in [-0.25, -0.2) is 0 Å². The van der Waals surface area contributed by atoms with E-state index in [1.807, 2.05) is 26.0 Å². The summed E-state index contributed by atoms with van der Waals surface area (Å²) in [5.41, 5.74) is 1.96. The van der Waals surface area contributed by atoms with Gasteiger partial charge in [0.1, 0.15) is 0 Å². The first-order chi connectivity index (χ1) is 16.0. The van der Waals surface area contributed by atoms with Crippen LogP contribution >= 0.6 is 0 Å². The van der Waals surface area contributed by atoms with Crippen LogP contribution in [0.4, 0.5) is 5.69 Å². The highest BCUT2D eigenvalue weighted by Crippen LogP contribution is 2.37. The molecule has 1 aromatic rings. The number of rotatable bonds is 6. The summed E-state index contributed by atoms with van der Waals surface area (Å²) in [6, 6.07) is 10.0. The van der Waals surface area contributed by atoms with Crippen LogP contribution in [0.2, 0.25) is 0 Å². The van der Waals surface area contributed by atoms with Crippen molar-refractivity contribution in [1.29, 1.82) is 0 Å². The number of piperazine rings is 2. The molecule has 4 aliphatic rings. The van der Waals surface area contributed by atoms with Crippen molar-refractivity contribution in [2.45, 2.75) is 70.5 Å². The predicted octanol–water partition coefficient (Wildman–Crippen LogP) is 3.27. The molecule has 180 valence electrons. The highest BCUT2D eigenvalue weighted by Gasteiger charge is 2.44. The Morgan fingerprint density at radius 3 is 2.03 bits per heavy atom. The molecule has 6 nitrogen and oxygen atoms in total. The monoisotopic (exact) mass is 452 g/mol. The number of hydrogen-bond donors (Lipinski definition) is 0. The lowest BCUT2D eigenvalue weighted by molar-refractivity contribution is -0.136. The maximum atomic E-state index is 13.1. The Labute approximate surface area is 198 Å². The first-order valence-electron chi connectivity index (χ1n) is 13.2. The number of hydrogen-bond acceptors (Lipinski definition) is 5. The van der Waals surface area contributed by atoms with E-state index in [2.05, 4.69) is 31.7 Å². The third-order valence-electron chi connectivity index (χ3n) is 8.41. The van der Waals surface area contributed by atoms with E-state index in [1.54, 1.807) is 0 Å². The number of carbonyl (C=O) groups excluding carboxylic acids is 2. The molecule has 3 heterocycles. The molecule has 4 fully saturated rings. The molecule has 3 saturated heterocycles. The number of Topliss-reactive ketones (excluding diaryl/α,β-unsaturated/α-hetero) is 1. The molecule has 6 heteroatoms. The van der Waals surface area contributed by atoms with E-state index >= 15 is 0 Å². The zero-order valence-corrected chi connectivity index (χ0v) is 20.4. The summed E-state index contributed by atoms with van der Waals surface area (Å²) in [6.07, 6.45) is 8.03. The van der Waals surface area contributed by atoms with E-state index in [4.69, 9.17) is 0 Å². The molecule has 2 unspecified atom stereocenters. The van der Waals surface area contributed by atoms with E-state index in [1.165, 1.54) is 44.2 Å². The Morgan fingerprint density at radius 1 is 0.848 bits per heavy atom. The van der Waals surface area contributed by atoms with Crippen molar-refractivity contribution in [2.24, 2.45) is 5.92 Å². The number of amides is 1. The fourth-order valence-corrected chi connectivity index (χ4v) is 6.56. The van der Waals surface area contributed by atoms with Crippen LogP contribution in [0.1, 0.15) is 62.7 Å². The Kier molecular flexibility index (Phi) is 6.75. The maximum absolute atomic E-state index is 13.1. The van der Waals surface area contributed by atoms with Crippen molar-refractivity contribution in [3.63, 3.8) is 0 Å². The van der Waals surface area contributed by atoms with E-state index in [-0.39, 0.29) is 11.7 Å². The van der Waals surface area contributed by atoms with Crippen molar-refractivity contribution >= 4 is 17.4 Å². The first-order valence-corrected chi connectivity index (χ1v) is 13.2. The Morgan fingerprint density at radius 2 is 1.45 bits per heavy atom. The van der Waals surface area contributed by atoms with Gasteiger partial charge in [0.05, 0.1) is 6.54 Å². The molecule has 0 radical (unpaired) electrons. The standard InChI is InChI=1S/C27H40N4O2/c1-20(2)27(33)21-7-9-22(10-8-21)29-15-13-28(14-16-29)19-26(32)30-17-24-11-12-25(18-30)31(24)23-5-3-4-6-23/h7-10,20,23-25H,3-6,11-19H2,1-2H3. The van der Waals surface area contributed by atoms with Gasteiger partial charge in [0.25, 0.3) is 0 Å². The van der Waals surface area contributed by atoms with Gasteiger partial charge in [0.2, 0.25) is 5.91 Å². The average Bonchev–Trinajstić information content (AvgIpc) is 3.44. The SMILES string of the molecule is CC(C)C(=O)c1ccc(N2CCN(CC(=O)N3CC4CCC(C3)N4C3CCCC3)CC2)cc1. The van der Waals surface area contributed by atoms with Gasteiger partial charge in [-0.05, 0) is 49.9 Å². The smallest absolute Gasteiger partial charge is 0.236 e. The second kappa shape index (κ2) is 9.75. The Hall–Kier alpha value is -1.92. The van der Waals surface area contributed by atoms with Crippen LogP contribution in [0, 0.1) is 5.92 Å². The molecule has 1 amide bonds. The lowest BCUT2D eigenvalue weighted by Gasteiger charge is -2.45. The summed E-state index contributed by atoms with van der Waals surface area (Å²) >= 11 is 0. The molecule has 1 aromatic carbocycles. The number of anilines is 1. The van der Waals surface area contributed by atoms with Crippen LogP contribution in [-0.4, -0.2) is 90.3 Å². The summed E-state index contributed by atoms with van der Waals surface area (Å²) in [6.45, 7) is 9.98. The molecule has 0 spiro atoms. The minimum absolute atomic E-state index is 0.0258. The van der Waals surface area contributed by atoms with Crippen LogP contribution in [0.3, 0.4) is 0 Å². The normalized spacial score (nSPS) is 27.0. The molecule has 1 aliphatic carbocycles. The molecule has 5 rings (SSSR count). The highest BCUT2D eigenvalue weighted by atomic mass is 16.2. The van der Waals surface area contributed by atoms with Gasteiger partial charge < -0.3 is 9.80 Å². The number of fused-ring (bicyclic) bond motifs is 2. The van der Waals surface area contributed by atoms with Crippen molar-refractivity contribution < 1.29 is 9.59 Å². The second-order valence-corrected chi connectivity index (χ2v) is 10.9. The lowest BCUT2D eigenvalue weighted by atomic mass is 10.0. The topological polar surface area (TPSA) is 47.1 Å². The molecule has 1 saturated carbocycles. The van der Waals surface area contributed by atoms with Crippen molar-refractivity contribution in [3.05, 3.63) is 29.8 Å². The van der Waals surface area contributed by atoms with Crippen LogP contribution in [-0.2, 0) is 4.79 Å². The summed E-state index contributed by atoms with van der Waals surface area (Å²) in [7, 11) is 0. The van der Waals surface area contributed by atoms with Gasteiger partial charge in [-0.1, -0.05) is 26.7 Å². The Balaban J connectivity index is 1.10. The minimum atomic E-state index is 0.0258. The fraction of sp³-hybridized carbons (Fsp3) is 0.704. The molecular formula is C27H40N4O2. The first kappa shape index (κ1) is 22.9. The Bertz CT molecular complexity index is 826. The molecule has 0 aromatic heterocycles. The van der Waals surface area contributed by atoms with Crippen LogP contribution in [0.25, 0.3) is 0 Å². The summed E-state index contributed by atoms with van der Waals surface area (Å²) in [5, 5.41) is 0. The number of likely N-dealkylation sites (tertiary alicyclic amines) is 1.